The highest BCUT2D eigenvalue weighted by Crippen LogP contribution is 2.47. The summed E-state index contributed by atoms with van der Waals surface area (Å²) in [7, 11) is 1.46. The number of methoxy groups -OCH3 is 1. The Labute approximate surface area is 194 Å². The maximum Gasteiger partial charge on any atom is 0.273 e. The van der Waals surface area contributed by atoms with Gasteiger partial charge in [-0.15, -0.1) is 0 Å². The van der Waals surface area contributed by atoms with Crippen LogP contribution in [0.4, 0.5) is 0 Å². The summed E-state index contributed by atoms with van der Waals surface area (Å²) >= 11 is 6.33. The first-order valence-electron chi connectivity index (χ1n) is 10.2. The number of furan rings is 1. The van der Waals surface area contributed by atoms with Crippen LogP contribution >= 0.6 is 11.6 Å². The quantitative estimate of drug-likeness (QED) is 0.390. The molecule has 33 heavy (non-hydrogen) atoms. The number of amides is 1. The number of halogens is 1. The van der Waals surface area contributed by atoms with E-state index in [1.54, 1.807) is 54.5 Å². The number of nitrogens with one attached hydrogen (secondary N) is 1. The first-order valence-corrected chi connectivity index (χ1v) is 10.5. The molecule has 1 atom stereocenters. The summed E-state index contributed by atoms with van der Waals surface area (Å²) in [6, 6.07) is 11.1. The van der Waals surface area contributed by atoms with Gasteiger partial charge in [-0.1, -0.05) is 17.7 Å². The first kappa shape index (κ1) is 21.0. The maximum absolute atomic E-state index is 13.4. The molecule has 0 unspecified atom stereocenters. The van der Waals surface area contributed by atoms with Gasteiger partial charge >= 0.3 is 0 Å². The average molecular weight is 466 g/mol. The molecule has 1 aliphatic rings. The van der Waals surface area contributed by atoms with Crippen molar-refractivity contribution in [1.29, 1.82) is 0 Å². The number of aromatic hydroxyl groups is 2. The largest absolute Gasteiger partial charge is 0.507 e. The minimum atomic E-state index is -0.583. The number of rotatable bonds is 5. The van der Waals surface area contributed by atoms with E-state index in [-0.39, 0.29) is 29.7 Å². The number of nitrogens with zero attached hydrogens (tertiary/aromatic N) is 2. The monoisotopic (exact) mass is 465 g/mol. The minimum absolute atomic E-state index is 0.00479. The number of aromatic nitrogens is 2. The Bertz CT molecular complexity index is 1360. The van der Waals surface area contributed by atoms with E-state index in [0.717, 1.165) is 5.56 Å². The summed E-state index contributed by atoms with van der Waals surface area (Å²) in [5.41, 5.74) is 3.14. The van der Waals surface area contributed by atoms with E-state index in [0.29, 0.717) is 38.9 Å². The molecule has 1 aliphatic heterocycles. The molecule has 168 valence electrons. The number of phenols is 2. The van der Waals surface area contributed by atoms with E-state index < -0.39 is 6.04 Å². The molecule has 0 aliphatic carbocycles. The second-order valence-electron chi connectivity index (χ2n) is 7.83. The topological polar surface area (TPSA) is 112 Å². The normalized spacial score (nSPS) is 15.2. The van der Waals surface area contributed by atoms with Crippen molar-refractivity contribution in [3.63, 3.8) is 0 Å². The molecular formula is C24H20ClN3O5. The van der Waals surface area contributed by atoms with Crippen molar-refractivity contribution >= 4 is 17.5 Å². The highest BCUT2D eigenvalue weighted by Gasteiger charge is 2.43. The van der Waals surface area contributed by atoms with Gasteiger partial charge in [0.05, 0.1) is 26.0 Å². The highest BCUT2D eigenvalue weighted by atomic mass is 35.5. The Balaban J connectivity index is 1.71. The van der Waals surface area contributed by atoms with Crippen molar-refractivity contribution in [2.24, 2.45) is 0 Å². The van der Waals surface area contributed by atoms with Gasteiger partial charge in [0.2, 0.25) is 0 Å². The number of aryl methyl sites for hydroxylation is 1. The molecule has 0 saturated carbocycles. The third-order valence-corrected chi connectivity index (χ3v) is 6.23. The number of aromatic amines is 1. The Morgan fingerprint density at radius 1 is 1.21 bits per heavy atom. The predicted molar refractivity (Wildman–Crippen MR) is 121 cm³/mol. The fourth-order valence-electron chi connectivity index (χ4n) is 4.20. The number of H-pyrrole nitrogens is 1. The number of fused-ring (bicyclic) bond motifs is 1. The number of ether oxygens (including phenoxy) is 1. The lowest BCUT2D eigenvalue weighted by Gasteiger charge is -2.26. The van der Waals surface area contributed by atoms with E-state index in [1.807, 2.05) is 0 Å². The third-order valence-electron chi connectivity index (χ3n) is 5.82. The number of hydrogen-bond donors (Lipinski definition) is 3. The molecule has 0 radical (unpaired) electrons. The molecule has 8 nitrogen and oxygen atoms in total. The predicted octanol–water partition coefficient (Wildman–Crippen LogP) is 4.80. The summed E-state index contributed by atoms with van der Waals surface area (Å²) in [6.07, 6.45) is 1.55. The van der Waals surface area contributed by atoms with Crippen LogP contribution < -0.4 is 4.74 Å². The van der Waals surface area contributed by atoms with E-state index in [9.17, 15) is 15.0 Å². The molecule has 3 heterocycles. The van der Waals surface area contributed by atoms with Gasteiger partial charge in [-0.3, -0.25) is 9.89 Å². The number of phenolic OH excluding ortho intramolecular Hbond substituents is 2. The van der Waals surface area contributed by atoms with Gasteiger partial charge in [0.1, 0.15) is 22.9 Å². The number of benzene rings is 2. The van der Waals surface area contributed by atoms with Gasteiger partial charge < -0.3 is 24.3 Å². The Kier molecular flexibility index (Phi) is 5.02. The van der Waals surface area contributed by atoms with Crippen molar-refractivity contribution in [3.05, 3.63) is 81.9 Å². The van der Waals surface area contributed by atoms with Crippen molar-refractivity contribution in [2.75, 3.05) is 7.11 Å². The Morgan fingerprint density at radius 2 is 2.03 bits per heavy atom. The zero-order chi connectivity index (χ0) is 23.3. The van der Waals surface area contributed by atoms with Crippen LogP contribution in [0.5, 0.6) is 17.2 Å². The van der Waals surface area contributed by atoms with Crippen LogP contribution in [0.15, 0.2) is 53.1 Å². The standard InChI is InChI=1S/C24H20ClN3O5/c1-12-8-18(30)15(10-16(12)25)21-20-22(27-26-21)24(31)28(11-14-4-3-7-33-14)23(20)13-5-6-17(29)19(9-13)32-2/h3-10,23,29-30H,11H2,1-2H3,(H,26,27)/t23-/m0/s1. The van der Waals surface area contributed by atoms with Crippen LogP contribution in [0.25, 0.3) is 11.3 Å². The zero-order valence-electron chi connectivity index (χ0n) is 17.8. The average Bonchev–Trinajstić information content (AvgIpc) is 3.51. The lowest BCUT2D eigenvalue weighted by atomic mass is 9.95. The fourth-order valence-corrected chi connectivity index (χ4v) is 4.37. The van der Waals surface area contributed by atoms with Crippen molar-refractivity contribution in [3.8, 4) is 28.5 Å². The van der Waals surface area contributed by atoms with E-state index in [1.165, 1.54) is 13.2 Å². The van der Waals surface area contributed by atoms with Crippen LogP contribution in [0.2, 0.25) is 5.02 Å². The molecule has 1 amide bonds. The van der Waals surface area contributed by atoms with Gasteiger partial charge in [0, 0.05) is 16.1 Å². The Hall–Kier alpha value is -3.91. The van der Waals surface area contributed by atoms with Gasteiger partial charge in [0.25, 0.3) is 5.91 Å². The van der Waals surface area contributed by atoms with Crippen molar-refractivity contribution in [1.82, 2.24) is 15.1 Å². The molecule has 0 saturated heterocycles. The minimum Gasteiger partial charge on any atom is -0.507 e. The van der Waals surface area contributed by atoms with Crippen LogP contribution in [0.1, 0.15) is 39.0 Å². The molecule has 0 bridgehead atoms. The fraction of sp³-hybridized carbons (Fsp3) is 0.167. The lowest BCUT2D eigenvalue weighted by Crippen LogP contribution is -2.29. The lowest BCUT2D eigenvalue weighted by molar-refractivity contribution is 0.0717. The van der Waals surface area contributed by atoms with Gasteiger partial charge in [-0.2, -0.15) is 5.10 Å². The van der Waals surface area contributed by atoms with Crippen LogP contribution in [0.3, 0.4) is 0 Å². The van der Waals surface area contributed by atoms with Gasteiger partial charge in [-0.05, 0) is 54.4 Å². The van der Waals surface area contributed by atoms with Crippen LogP contribution in [-0.2, 0) is 6.54 Å². The summed E-state index contributed by atoms with van der Waals surface area (Å²) in [5.74, 6) is 0.608. The second kappa shape index (κ2) is 7.90. The summed E-state index contributed by atoms with van der Waals surface area (Å²) in [4.78, 5) is 15.1. The SMILES string of the molecule is COc1cc([C@H]2c3c(-c4cc(Cl)c(C)cc4O)n[nH]c3C(=O)N2Cc2ccco2)ccc1O. The van der Waals surface area contributed by atoms with Gasteiger partial charge in [-0.25, -0.2) is 0 Å². The molecule has 5 rings (SSSR count). The smallest absolute Gasteiger partial charge is 0.273 e. The summed E-state index contributed by atoms with van der Waals surface area (Å²) < 4.78 is 10.8. The second-order valence-corrected chi connectivity index (χ2v) is 8.23. The molecular weight excluding hydrogens is 446 g/mol. The molecule has 2 aromatic heterocycles. The molecule has 4 aromatic rings. The van der Waals surface area contributed by atoms with E-state index in [2.05, 4.69) is 10.2 Å². The number of hydrogen-bond acceptors (Lipinski definition) is 6. The molecule has 0 spiro atoms. The van der Waals surface area contributed by atoms with Crippen molar-refractivity contribution < 1.29 is 24.2 Å². The summed E-state index contributed by atoms with van der Waals surface area (Å²) in [6.45, 7) is 2.00. The van der Waals surface area contributed by atoms with Crippen LogP contribution in [0, 0.1) is 6.92 Å². The molecule has 3 N–H and O–H groups in total. The highest BCUT2D eigenvalue weighted by molar-refractivity contribution is 6.31. The van der Waals surface area contributed by atoms with Crippen molar-refractivity contribution in [2.45, 2.75) is 19.5 Å². The zero-order valence-corrected chi connectivity index (χ0v) is 18.6. The maximum atomic E-state index is 13.4. The van der Waals surface area contributed by atoms with E-state index >= 15 is 0 Å². The third kappa shape index (κ3) is 3.39. The van der Waals surface area contributed by atoms with Crippen LogP contribution in [-0.4, -0.2) is 38.3 Å². The first-order chi connectivity index (χ1) is 15.9. The molecule has 9 heteroatoms. The number of carbonyl (C=O) groups excluding carboxylic acids is 1. The molecule has 2 aromatic carbocycles. The molecule has 0 fully saturated rings. The summed E-state index contributed by atoms with van der Waals surface area (Å²) in [5, 5.41) is 28.4. The Morgan fingerprint density at radius 3 is 2.76 bits per heavy atom. The number of carbonyl (C=O) groups is 1. The van der Waals surface area contributed by atoms with E-state index in [4.69, 9.17) is 20.8 Å². The van der Waals surface area contributed by atoms with Gasteiger partial charge in [0.15, 0.2) is 11.5 Å².